The largest absolute Gasteiger partial charge is 0.497 e. The Labute approximate surface area is 153 Å². The van der Waals surface area contributed by atoms with E-state index in [0.717, 1.165) is 5.56 Å². The molecule has 1 N–H and O–H groups in total. The van der Waals surface area contributed by atoms with Crippen molar-refractivity contribution in [2.75, 3.05) is 20.8 Å². The van der Waals surface area contributed by atoms with Crippen molar-refractivity contribution in [3.8, 4) is 17.2 Å². The van der Waals surface area contributed by atoms with Crippen LogP contribution in [0.5, 0.6) is 17.2 Å². The molecule has 0 aliphatic carbocycles. The summed E-state index contributed by atoms with van der Waals surface area (Å²) in [6.07, 6.45) is 1.66. The molecule has 0 atom stereocenters. The van der Waals surface area contributed by atoms with Crippen molar-refractivity contribution in [2.45, 2.75) is 6.92 Å². The normalized spacial score (nSPS) is 10.8. The van der Waals surface area contributed by atoms with Crippen molar-refractivity contribution in [3.63, 3.8) is 0 Å². The monoisotopic (exact) mass is 354 g/mol. The van der Waals surface area contributed by atoms with Crippen LogP contribution in [0.3, 0.4) is 0 Å². The van der Waals surface area contributed by atoms with E-state index in [1.807, 2.05) is 6.07 Å². The molecule has 0 radical (unpaired) electrons. The van der Waals surface area contributed by atoms with Gasteiger partial charge in [-0.2, -0.15) is 5.10 Å². The molecule has 0 aliphatic heterocycles. The van der Waals surface area contributed by atoms with Gasteiger partial charge in [-0.25, -0.2) is 5.43 Å². The van der Waals surface area contributed by atoms with Crippen LogP contribution in [0, 0.1) is 0 Å². The maximum atomic E-state index is 12.2. The molecule has 2 aromatic rings. The van der Waals surface area contributed by atoms with Gasteiger partial charge in [0.25, 0.3) is 5.91 Å². The van der Waals surface area contributed by atoms with Crippen LogP contribution in [0.1, 0.15) is 22.8 Å². The fourth-order valence-electron chi connectivity index (χ4n) is 2.21. The van der Waals surface area contributed by atoms with Crippen molar-refractivity contribution in [1.82, 2.24) is 5.43 Å². The zero-order chi connectivity index (χ0) is 18.9. The highest BCUT2D eigenvalue weighted by molar-refractivity contribution is 6.02. The molecule has 0 fully saturated rings. The molecule has 0 bridgehead atoms. The van der Waals surface area contributed by atoms with Crippen LogP contribution in [-0.4, -0.2) is 32.4 Å². The summed E-state index contributed by atoms with van der Waals surface area (Å²) >= 11 is 0. The molecular formula is C20H22N2O4. The van der Waals surface area contributed by atoms with E-state index in [-0.39, 0.29) is 5.91 Å². The highest BCUT2D eigenvalue weighted by Gasteiger charge is 2.10. The fourth-order valence-corrected chi connectivity index (χ4v) is 2.21. The summed E-state index contributed by atoms with van der Waals surface area (Å²) in [5.41, 5.74) is 4.41. The molecular weight excluding hydrogens is 332 g/mol. The summed E-state index contributed by atoms with van der Waals surface area (Å²) in [4.78, 5) is 12.2. The van der Waals surface area contributed by atoms with Crippen molar-refractivity contribution in [3.05, 3.63) is 66.2 Å². The minimum Gasteiger partial charge on any atom is -0.497 e. The van der Waals surface area contributed by atoms with Crippen molar-refractivity contribution in [2.24, 2.45) is 5.10 Å². The Morgan fingerprint density at radius 2 is 1.81 bits per heavy atom. The van der Waals surface area contributed by atoms with E-state index >= 15 is 0 Å². The first-order chi connectivity index (χ1) is 12.6. The van der Waals surface area contributed by atoms with Gasteiger partial charge < -0.3 is 14.2 Å². The summed E-state index contributed by atoms with van der Waals surface area (Å²) in [6, 6.07) is 12.2. The maximum absolute atomic E-state index is 12.2. The quantitative estimate of drug-likeness (QED) is 0.448. The van der Waals surface area contributed by atoms with E-state index in [1.54, 1.807) is 63.6 Å². The van der Waals surface area contributed by atoms with Gasteiger partial charge in [0.1, 0.15) is 23.9 Å². The van der Waals surface area contributed by atoms with Gasteiger partial charge in [-0.15, -0.1) is 0 Å². The molecule has 2 rings (SSSR count). The Hall–Kier alpha value is -3.28. The number of hydrazone groups is 1. The lowest BCUT2D eigenvalue weighted by atomic mass is 10.1. The van der Waals surface area contributed by atoms with E-state index in [0.29, 0.717) is 35.1 Å². The van der Waals surface area contributed by atoms with E-state index in [1.165, 1.54) is 0 Å². The van der Waals surface area contributed by atoms with Crippen LogP contribution in [0.25, 0.3) is 0 Å². The lowest BCUT2D eigenvalue weighted by Gasteiger charge is -2.10. The first-order valence-corrected chi connectivity index (χ1v) is 7.99. The van der Waals surface area contributed by atoms with Gasteiger partial charge in [0, 0.05) is 17.2 Å². The van der Waals surface area contributed by atoms with Gasteiger partial charge in [0.2, 0.25) is 0 Å². The lowest BCUT2D eigenvalue weighted by molar-refractivity contribution is 0.0955. The molecule has 1 amide bonds. The minimum atomic E-state index is -0.313. The summed E-state index contributed by atoms with van der Waals surface area (Å²) in [5, 5.41) is 4.16. The minimum absolute atomic E-state index is 0.313. The Kier molecular flexibility index (Phi) is 6.79. The molecule has 136 valence electrons. The van der Waals surface area contributed by atoms with E-state index in [4.69, 9.17) is 14.2 Å². The summed E-state index contributed by atoms with van der Waals surface area (Å²) < 4.78 is 15.9. The van der Waals surface area contributed by atoms with E-state index in [9.17, 15) is 4.79 Å². The van der Waals surface area contributed by atoms with E-state index in [2.05, 4.69) is 17.1 Å². The zero-order valence-electron chi connectivity index (χ0n) is 15.1. The summed E-state index contributed by atoms with van der Waals surface area (Å²) in [6.45, 7) is 5.79. The Bertz CT molecular complexity index is 798. The number of amides is 1. The SMILES string of the molecule is C=CCOc1ccc(C(=O)NN=C(C)c2ccc(OC)cc2OC)cc1. The van der Waals surface area contributed by atoms with Crippen molar-refractivity contribution in [1.29, 1.82) is 0 Å². The van der Waals surface area contributed by atoms with Crippen molar-refractivity contribution >= 4 is 11.6 Å². The van der Waals surface area contributed by atoms with Gasteiger partial charge >= 0.3 is 0 Å². The molecule has 0 saturated carbocycles. The third-order valence-electron chi connectivity index (χ3n) is 3.61. The average Bonchev–Trinajstić information content (AvgIpc) is 2.69. The molecule has 0 aromatic heterocycles. The van der Waals surface area contributed by atoms with Crippen LogP contribution < -0.4 is 19.6 Å². The standard InChI is InChI=1S/C20H22N2O4/c1-5-12-26-16-8-6-15(7-9-16)20(23)22-21-14(2)18-11-10-17(24-3)13-19(18)25-4/h5-11,13H,1,12H2,2-4H3,(H,22,23). The van der Waals surface area contributed by atoms with Crippen LogP contribution >= 0.6 is 0 Å². The summed E-state index contributed by atoms with van der Waals surface area (Å²) in [5.74, 6) is 1.65. The number of methoxy groups -OCH3 is 2. The Morgan fingerprint density at radius 3 is 2.42 bits per heavy atom. The smallest absolute Gasteiger partial charge is 0.271 e. The van der Waals surface area contributed by atoms with Crippen LogP contribution in [-0.2, 0) is 0 Å². The second-order valence-electron chi connectivity index (χ2n) is 5.33. The van der Waals surface area contributed by atoms with Crippen LogP contribution in [0.4, 0.5) is 0 Å². The maximum Gasteiger partial charge on any atom is 0.271 e. The average molecular weight is 354 g/mol. The number of rotatable bonds is 8. The first-order valence-electron chi connectivity index (χ1n) is 7.99. The van der Waals surface area contributed by atoms with Crippen molar-refractivity contribution < 1.29 is 19.0 Å². The highest BCUT2D eigenvalue weighted by atomic mass is 16.5. The molecule has 0 unspecified atom stereocenters. The first kappa shape index (κ1) is 19.1. The molecule has 0 heterocycles. The number of hydrogen-bond donors (Lipinski definition) is 1. The van der Waals surface area contributed by atoms with Crippen LogP contribution in [0.15, 0.2) is 60.2 Å². The van der Waals surface area contributed by atoms with Gasteiger partial charge in [0.05, 0.1) is 19.9 Å². The predicted octanol–water partition coefficient (Wildman–Crippen LogP) is 3.42. The number of ether oxygens (including phenoxy) is 3. The number of nitrogens with one attached hydrogen (secondary N) is 1. The molecule has 6 heteroatoms. The number of hydrogen-bond acceptors (Lipinski definition) is 5. The topological polar surface area (TPSA) is 69.2 Å². The second-order valence-corrected chi connectivity index (χ2v) is 5.33. The molecule has 26 heavy (non-hydrogen) atoms. The Balaban J connectivity index is 2.08. The number of benzene rings is 2. The van der Waals surface area contributed by atoms with Gasteiger partial charge in [-0.05, 0) is 43.3 Å². The van der Waals surface area contributed by atoms with Gasteiger partial charge in [-0.3, -0.25) is 4.79 Å². The van der Waals surface area contributed by atoms with E-state index < -0.39 is 0 Å². The molecule has 6 nitrogen and oxygen atoms in total. The third-order valence-corrected chi connectivity index (χ3v) is 3.61. The van der Waals surface area contributed by atoms with Gasteiger partial charge in [-0.1, -0.05) is 12.7 Å². The summed E-state index contributed by atoms with van der Waals surface area (Å²) in [7, 11) is 3.16. The predicted molar refractivity (Wildman–Crippen MR) is 101 cm³/mol. The number of nitrogens with zero attached hydrogens (tertiary/aromatic N) is 1. The highest BCUT2D eigenvalue weighted by Crippen LogP contribution is 2.25. The Morgan fingerprint density at radius 1 is 1.12 bits per heavy atom. The zero-order valence-corrected chi connectivity index (χ0v) is 15.1. The number of carbonyl (C=O) groups is 1. The number of carbonyl (C=O) groups excluding carboxylic acids is 1. The molecule has 2 aromatic carbocycles. The van der Waals surface area contributed by atoms with Crippen LogP contribution in [0.2, 0.25) is 0 Å². The molecule has 0 spiro atoms. The third kappa shape index (κ3) is 4.86. The lowest BCUT2D eigenvalue weighted by Crippen LogP contribution is -2.19. The second kappa shape index (κ2) is 9.27. The van der Waals surface area contributed by atoms with Gasteiger partial charge in [0.15, 0.2) is 0 Å². The fraction of sp³-hybridized carbons (Fsp3) is 0.200. The molecule has 0 saturated heterocycles. The molecule has 0 aliphatic rings.